The number of nitrogens with one attached hydrogen (secondary N) is 2. The van der Waals surface area contributed by atoms with Crippen molar-refractivity contribution in [3.05, 3.63) is 17.7 Å². The predicted octanol–water partition coefficient (Wildman–Crippen LogP) is 1.73. The molecule has 168 valence electrons. The number of hydrogen-bond acceptors (Lipinski definition) is 7. The number of aliphatic hydroxyl groups is 1. The second kappa shape index (κ2) is 11.4. The van der Waals surface area contributed by atoms with Gasteiger partial charge in [0.15, 0.2) is 11.5 Å². The fourth-order valence-corrected chi connectivity index (χ4v) is 3.99. The SMILES string of the molecule is CCNc1cc2c(c(C(=O)NC[C@@H]3CCN(CCCOC)C[C@H]3O)c1)OCCCO2. The van der Waals surface area contributed by atoms with Crippen molar-refractivity contribution in [2.24, 2.45) is 5.92 Å². The summed E-state index contributed by atoms with van der Waals surface area (Å²) in [7, 11) is 1.70. The topological polar surface area (TPSA) is 92.3 Å². The number of amides is 1. The molecule has 3 N–H and O–H groups in total. The number of fused-ring (bicyclic) bond motifs is 1. The number of carbonyl (C=O) groups is 1. The molecule has 2 heterocycles. The third-order valence-electron chi connectivity index (χ3n) is 5.63. The van der Waals surface area contributed by atoms with Gasteiger partial charge in [0, 0.05) is 64.0 Å². The van der Waals surface area contributed by atoms with Crippen molar-refractivity contribution >= 4 is 11.6 Å². The fraction of sp³-hybridized carbons (Fsp3) is 0.682. The number of benzene rings is 1. The summed E-state index contributed by atoms with van der Waals surface area (Å²) in [4.78, 5) is 15.2. The Morgan fingerprint density at radius 1 is 1.33 bits per heavy atom. The maximum Gasteiger partial charge on any atom is 0.255 e. The van der Waals surface area contributed by atoms with E-state index in [4.69, 9.17) is 14.2 Å². The maximum absolute atomic E-state index is 13.0. The molecule has 0 aromatic heterocycles. The van der Waals surface area contributed by atoms with Crippen LogP contribution in [0.5, 0.6) is 11.5 Å². The van der Waals surface area contributed by atoms with Gasteiger partial charge in [0.05, 0.1) is 24.9 Å². The molecule has 2 aliphatic heterocycles. The van der Waals surface area contributed by atoms with E-state index in [1.807, 2.05) is 13.0 Å². The highest BCUT2D eigenvalue weighted by Crippen LogP contribution is 2.36. The first kappa shape index (κ1) is 22.7. The Bertz CT molecular complexity index is 700. The molecule has 1 fully saturated rings. The fourth-order valence-electron chi connectivity index (χ4n) is 3.99. The lowest BCUT2D eigenvalue weighted by atomic mass is 9.93. The zero-order valence-electron chi connectivity index (χ0n) is 18.1. The zero-order chi connectivity index (χ0) is 21.3. The first-order valence-electron chi connectivity index (χ1n) is 11.0. The van der Waals surface area contributed by atoms with Crippen LogP contribution in [0.2, 0.25) is 0 Å². The van der Waals surface area contributed by atoms with Gasteiger partial charge < -0.3 is 34.9 Å². The van der Waals surface area contributed by atoms with Gasteiger partial charge in [0.25, 0.3) is 5.91 Å². The highest BCUT2D eigenvalue weighted by Gasteiger charge is 2.28. The van der Waals surface area contributed by atoms with Crippen LogP contribution in [0.1, 0.15) is 36.5 Å². The number of nitrogens with zero attached hydrogens (tertiary/aromatic N) is 1. The van der Waals surface area contributed by atoms with Gasteiger partial charge in [-0.3, -0.25) is 4.79 Å². The molecule has 30 heavy (non-hydrogen) atoms. The molecule has 0 spiro atoms. The van der Waals surface area contributed by atoms with Gasteiger partial charge >= 0.3 is 0 Å². The third-order valence-corrected chi connectivity index (χ3v) is 5.63. The number of anilines is 1. The number of likely N-dealkylation sites (tertiary alicyclic amines) is 1. The van der Waals surface area contributed by atoms with Crippen molar-refractivity contribution in [2.45, 2.75) is 32.3 Å². The quantitative estimate of drug-likeness (QED) is 0.523. The molecule has 1 saturated heterocycles. The molecule has 1 aromatic carbocycles. The van der Waals surface area contributed by atoms with Crippen LogP contribution in [0.15, 0.2) is 12.1 Å². The number of methoxy groups -OCH3 is 1. The van der Waals surface area contributed by atoms with Crippen molar-refractivity contribution < 1.29 is 24.1 Å². The molecule has 2 aliphatic rings. The van der Waals surface area contributed by atoms with Gasteiger partial charge in [0.2, 0.25) is 0 Å². The highest BCUT2D eigenvalue weighted by molar-refractivity contribution is 5.99. The van der Waals surface area contributed by atoms with Crippen LogP contribution in [0.4, 0.5) is 5.69 Å². The number of aliphatic hydroxyl groups excluding tert-OH is 1. The van der Waals surface area contributed by atoms with Gasteiger partial charge in [0.1, 0.15) is 0 Å². The van der Waals surface area contributed by atoms with Crippen molar-refractivity contribution in [1.82, 2.24) is 10.2 Å². The van der Waals surface area contributed by atoms with Crippen LogP contribution < -0.4 is 20.1 Å². The summed E-state index contributed by atoms with van der Waals surface area (Å²) < 4.78 is 16.7. The molecular formula is C22H35N3O5. The predicted molar refractivity (Wildman–Crippen MR) is 116 cm³/mol. The van der Waals surface area contributed by atoms with E-state index in [1.54, 1.807) is 13.2 Å². The van der Waals surface area contributed by atoms with Gasteiger partial charge in [-0.25, -0.2) is 0 Å². The second-order valence-corrected chi connectivity index (χ2v) is 7.90. The Hall–Kier alpha value is -2.03. The molecule has 1 aromatic rings. The summed E-state index contributed by atoms with van der Waals surface area (Å²) in [6.07, 6.45) is 2.14. The molecular weight excluding hydrogens is 386 g/mol. The lowest BCUT2D eigenvalue weighted by Gasteiger charge is -2.36. The maximum atomic E-state index is 13.0. The van der Waals surface area contributed by atoms with Crippen LogP contribution in [-0.2, 0) is 4.74 Å². The number of hydrogen-bond donors (Lipinski definition) is 3. The van der Waals surface area contributed by atoms with Crippen molar-refractivity contribution in [3.8, 4) is 11.5 Å². The Morgan fingerprint density at radius 3 is 2.93 bits per heavy atom. The van der Waals surface area contributed by atoms with E-state index < -0.39 is 6.10 Å². The Labute approximate surface area is 178 Å². The number of rotatable bonds is 9. The van der Waals surface area contributed by atoms with Gasteiger partial charge in [-0.2, -0.15) is 0 Å². The Kier molecular flexibility index (Phi) is 8.60. The molecule has 3 rings (SSSR count). The minimum atomic E-state index is -0.452. The monoisotopic (exact) mass is 421 g/mol. The summed E-state index contributed by atoms with van der Waals surface area (Å²) in [5, 5.41) is 16.8. The average Bonchev–Trinajstić information content (AvgIpc) is 2.98. The van der Waals surface area contributed by atoms with E-state index in [-0.39, 0.29) is 11.8 Å². The van der Waals surface area contributed by atoms with E-state index in [1.165, 1.54) is 0 Å². The minimum absolute atomic E-state index is 0.0420. The molecule has 0 unspecified atom stereocenters. The number of ether oxygens (including phenoxy) is 3. The summed E-state index contributed by atoms with van der Waals surface area (Å²) in [6, 6.07) is 3.69. The Morgan fingerprint density at radius 2 is 2.17 bits per heavy atom. The Balaban J connectivity index is 1.60. The largest absolute Gasteiger partial charge is 0.489 e. The molecule has 0 radical (unpaired) electrons. The molecule has 8 nitrogen and oxygen atoms in total. The smallest absolute Gasteiger partial charge is 0.255 e. The van der Waals surface area contributed by atoms with Crippen LogP contribution in [0.3, 0.4) is 0 Å². The van der Waals surface area contributed by atoms with E-state index in [2.05, 4.69) is 15.5 Å². The molecule has 0 bridgehead atoms. The van der Waals surface area contributed by atoms with Gasteiger partial charge in [-0.15, -0.1) is 0 Å². The standard InChI is InChI=1S/C22H35N3O5/c1-3-23-17-12-18(21-20(13-17)29-10-5-11-30-21)22(27)24-14-16-6-8-25(15-19(16)26)7-4-9-28-2/h12-13,16,19,23,26H,3-11,14-15H2,1-2H3,(H,24,27)/t16-,19+/m0/s1. The van der Waals surface area contributed by atoms with E-state index in [0.717, 1.165) is 51.2 Å². The van der Waals surface area contributed by atoms with Gasteiger partial charge in [-0.1, -0.05) is 0 Å². The lowest BCUT2D eigenvalue weighted by Crippen LogP contribution is -2.48. The summed E-state index contributed by atoms with van der Waals surface area (Å²) >= 11 is 0. The van der Waals surface area contributed by atoms with Gasteiger partial charge in [-0.05, 0) is 32.4 Å². The molecule has 0 saturated carbocycles. The zero-order valence-corrected chi connectivity index (χ0v) is 18.1. The van der Waals surface area contributed by atoms with E-state index >= 15 is 0 Å². The van der Waals surface area contributed by atoms with E-state index in [0.29, 0.717) is 43.4 Å². The highest BCUT2D eigenvalue weighted by atomic mass is 16.5. The van der Waals surface area contributed by atoms with Crippen molar-refractivity contribution in [1.29, 1.82) is 0 Å². The van der Waals surface area contributed by atoms with Crippen LogP contribution in [0, 0.1) is 5.92 Å². The first-order chi connectivity index (χ1) is 14.6. The summed E-state index contributed by atoms with van der Waals surface area (Å²) in [5.74, 6) is 0.937. The molecule has 8 heteroatoms. The van der Waals surface area contributed by atoms with Crippen LogP contribution in [0.25, 0.3) is 0 Å². The molecule has 0 aliphatic carbocycles. The molecule has 1 amide bonds. The van der Waals surface area contributed by atoms with Crippen molar-refractivity contribution in [2.75, 3.05) is 65.0 Å². The van der Waals surface area contributed by atoms with Crippen molar-refractivity contribution in [3.63, 3.8) is 0 Å². The first-order valence-corrected chi connectivity index (χ1v) is 11.0. The number of β-amino-alcohol motifs (C(OH)–C–C–N with tert-alkyl or cyclic N) is 1. The summed E-state index contributed by atoms with van der Waals surface area (Å²) in [5.41, 5.74) is 1.30. The number of piperidine rings is 1. The van der Waals surface area contributed by atoms with Crippen LogP contribution in [-0.4, -0.2) is 81.7 Å². The second-order valence-electron chi connectivity index (χ2n) is 7.90. The third kappa shape index (κ3) is 6.00. The minimum Gasteiger partial charge on any atom is -0.489 e. The molecule has 2 atom stereocenters. The average molecular weight is 422 g/mol. The van der Waals surface area contributed by atoms with E-state index in [9.17, 15) is 9.90 Å². The normalized spacial score (nSPS) is 21.7. The number of carbonyl (C=O) groups excluding carboxylic acids is 1. The summed E-state index contributed by atoms with van der Waals surface area (Å²) in [6.45, 7) is 7.48. The van der Waals surface area contributed by atoms with Crippen LogP contribution >= 0.6 is 0 Å². The lowest BCUT2D eigenvalue weighted by molar-refractivity contribution is 0.0192.